The van der Waals surface area contributed by atoms with Gasteiger partial charge in [0.15, 0.2) is 0 Å². The van der Waals surface area contributed by atoms with Crippen molar-refractivity contribution >= 4 is 37.6 Å². The number of hydrogen-bond donors (Lipinski definition) is 0. The standard InChI is InChI=1S/C18H14BrF3N2O2S/c1-2-27(26)16-6-4-13(19)7-11(16)9-24-10-23-15-5-3-12(18(20,21)22)8-14(15)17(24)25/h3-8,10H,2,9H2,1H3. The molecular weight excluding hydrogens is 445 g/mol. The molecule has 1 atom stereocenters. The van der Waals surface area contributed by atoms with E-state index in [-0.39, 0.29) is 17.4 Å². The summed E-state index contributed by atoms with van der Waals surface area (Å²) in [5.74, 6) is 0.411. The van der Waals surface area contributed by atoms with E-state index in [0.29, 0.717) is 16.2 Å². The van der Waals surface area contributed by atoms with Gasteiger partial charge in [-0.15, -0.1) is 0 Å². The molecule has 3 rings (SSSR count). The summed E-state index contributed by atoms with van der Waals surface area (Å²) in [5.41, 5.74) is -0.656. The maximum Gasteiger partial charge on any atom is 0.416 e. The Morgan fingerprint density at radius 3 is 2.59 bits per heavy atom. The van der Waals surface area contributed by atoms with Crippen LogP contribution in [0.1, 0.15) is 18.1 Å². The fourth-order valence-corrected chi connectivity index (χ4v) is 4.04. The molecule has 2 aromatic carbocycles. The summed E-state index contributed by atoms with van der Waals surface area (Å²) >= 11 is 3.34. The van der Waals surface area contributed by atoms with E-state index in [1.165, 1.54) is 17.0 Å². The Morgan fingerprint density at radius 1 is 1.19 bits per heavy atom. The Bertz CT molecular complexity index is 1100. The van der Waals surface area contributed by atoms with Crippen LogP contribution in [0.2, 0.25) is 0 Å². The summed E-state index contributed by atoms with van der Waals surface area (Å²) in [5, 5.41) is -0.111. The van der Waals surface area contributed by atoms with Crippen LogP contribution < -0.4 is 5.56 Å². The molecule has 0 saturated carbocycles. The Labute approximate surface area is 163 Å². The maximum atomic E-state index is 13.0. The van der Waals surface area contributed by atoms with Gasteiger partial charge in [-0.1, -0.05) is 22.9 Å². The molecule has 0 aliphatic rings. The van der Waals surface area contributed by atoms with Crippen LogP contribution in [0.5, 0.6) is 0 Å². The Kier molecular flexibility index (Phi) is 5.53. The van der Waals surface area contributed by atoms with Crippen molar-refractivity contribution in [3.63, 3.8) is 0 Å². The van der Waals surface area contributed by atoms with Crippen LogP contribution in [-0.4, -0.2) is 19.5 Å². The summed E-state index contributed by atoms with van der Waals surface area (Å²) in [7, 11) is -1.24. The molecule has 4 nitrogen and oxygen atoms in total. The summed E-state index contributed by atoms with van der Waals surface area (Å²) in [6.07, 6.45) is -3.26. The van der Waals surface area contributed by atoms with Crippen molar-refractivity contribution in [3.05, 3.63) is 68.7 Å². The highest BCUT2D eigenvalue weighted by Gasteiger charge is 2.30. The molecule has 27 heavy (non-hydrogen) atoms. The van der Waals surface area contributed by atoms with Crippen LogP contribution in [0, 0.1) is 0 Å². The predicted octanol–water partition coefficient (Wildman–Crippen LogP) is 4.35. The van der Waals surface area contributed by atoms with Crippen molar-refractivity contribution in [2.45, 2.75) is 24.5 Å². The minimum atomic E-state index is -4.54. The lowest BCUT2D eigenvalue weighted by Gasteiger charge is -2.12. The van der Waals surface area contributed by atoms with Gasteiger partial charge in [0.25, 0.3) is 5.56 Å². The van der Waals surface area contributed by atoms with Crippen molar-refractivity contribution in [1.82, 2.24) is 9.55 Å². The number of nitrogens with zero attached hydrogens (tertiary/aromatic N) is 2. The lowest BCUT2D eigenvalue weighted by atomic mass is 10.1. The van der Waals surface area contributed by atoms with Gasteiger partial charge in [0.05, 0.1) is 40.1 Å². The van der Waals surface area contributed by atoms with Crippen LogP contribution in [-0.2, 0) is 23.5 Å². The van der Waals surface area contributed by atoms with Gasteiger partial charge in [0, 0.05) is 15.1 Å². The smallest absolute Gasteiger partial charge is 0.294 e. The third-order valence-corrected chi connectivity index (χ3v) is 5.93. The van der Waals surface area contributed by atoms with Crippen LogP contribution in [0.3, 0.4) is 0 Å². The minimum absolute atomic E-state index is 0.0541. The average Bonchev–Trinajstić information content (AvgIpc) is 2.62. The zero-order valence-corrected chi connectivity index (χ0v) is 16.5. The summed E-state index contributed by atoms with van der Waals surface area (Å²) in [6.45, 7) is 1.84. The predicted molar refractivity (Wildman–Crippen MR) is 101 cm³/mol. The summed E-state index contributed by atoms with van der Waals surface area (Å²) in [4.78, 5) is 17.4. The van der Waals surface area contributed by atoms with Crippen molar-refractivity contribution in [2.75, 3.05) is 5.75 Å². The van der Waals surface area contributed by atoms with E-state index in [0.717, 1.165) is 16.6 Å². The van der Waals surface area contributed by atoms with Gasteiger partial charge >= 0.3 is 6.18 Å². The van der Waals surface area contributed by atoms with E-state index < -0.39 is 28.1 Å². The van der Waals surface area contributed by atoms with E-state index in [2.05, 4.69) is 20.9 Å². The quantitative estimate of drug-likeness (QED) is 0.583. The Morgan fingerprint density at radius 2 is 1.93 bits per heavy atom. The molecule has 0 aliphatic heterocycles. The molecule has 0 spiro atoms. The fourth-order valence-electron chi connectivity index (χ4n) is 2.68. The first kappa shape index (κ1) is 19.8. The second-order valence-corrected chi connectivity index (χ2v) is 8.42. The van der Waals surface area contributed by atoms with Gasteiger partial charge in [0.2, 0.25) is 0 Å². The molecule has 3 aromatic rings. The molecule has 0 bridgehead atoms. The van der Waals surface area contributed by atoms with Gasteiger partial charge in [-0.05, 0) is 42.0 Å². The molecule has 1 unspecified atom stereocenters. The zero-order chi connectivity index (χ0) is 19.8. The van der Waals surface area contributed by atoms with Crippen LogP contribution >= 0.6 is 15.9 Å². The molecule has 0 fully saturated rings. The lowest BCUT2D eigenvalue weighted by Crippen LogP contribution is -2.22. The van der Waals surface area contributed by atoms with E-state index >= 15 is 0 Å². The largest absolute Gasteiger partial charge is 0.416 e. The van der Waals surface area contributed by atoms with Crippen molar-refractivity contribution in [3.8, 4) is 0 Å². The minimum Gasteiger partial charge on any atom is -0.294 e. The van der Waals surface area contributed by atoms with Gasteiger partial charge in [-0.3, -0.25) is 13.6 Å². The van der Waals surface area contributed by atoms with Gasteiger partial charge < -0.3 is 0 Å². The highest BCUT2D eigenvalue weighted by atomic mass is 79.9. The lowest BCUT2D eigenvalue weighted by molar-refractivity contribution is -0.137. The molecule has 1 aromatic heterocycles. The van der Waals surface area contributed by atoms with Gasteiger partial charge in [-0.2, -0.15) is 13.2 Å². The summed E-state index contributed by atoms with van der Waals surface area (Å²) in [6, 6.07) is 8.10. The monoisotopic (exact) mass is 458 g/mol. The normalized spacial score (nSPS) is 13.1. The molecular formula is C18H14BrF3N2O2S. The number of halogens is 4. The Hall–Kier alpha value is -2.00. The number of benzene rings is 2. The Balaban J connectivity index is 2.11. The van der Waals surface area contributed by atoms with Crippen LogP contribution in [0.25, 0.3) is 10.9 Å². The molecule has 0 saturated heterocycles. The first-order valence-corrected chi connectivity index (χ1v) is 10.0. The van der Waals surface area contributed by atoms with Crippen molar-refractivity contribution in [2.24, 2.45) is 0 Å². The second kappa shape index (κ2) is 7.55. The molecule has 0 N–H and O–H groups in total. The van der Waals surface area contributed by atoms with Crippen molar-refractivity contribution in [1.29, 1.82) is 0 Å². The van der Waals surface area contributed by atoms with E-state index in [9.17, 15) is 22.2 Å². The van der Waals surface area contributed by atoms with Crippen LogP contribution in [0.15, 0.2) is 56.9 Å². The third kappa shape index (κ3) is 4.14. The van der Waals surface area contributed by atoms with Gasteiger partial charge in [-0.25, -0.2) is 4.98 Å². The SMILES string of the molecule is CCS(=O)c1ccc(Br)cc1Cn1cnc2ccc(C(F)(F)F)cc2c1=O. The highest BCUT2D eigenvalue weighted by molar-refractivity contribution is 9.10. The highest BCUT2D eigenvalue weighted by Crippen LogP contribution is 2.30. The number of alkyl halides is 3. The molecule has 0 amide bonds. The molecule has 0 radical (unpaired) electrons. The first-order chi connectivity index (χ1) is 12.7. The van der Waals surface area contributed by atoms with Crippen LogP contribution in [0.4, 0.5) is 13.2 Å². The molecule has 142 valence electrons. The topological polar surface area (TPSA) is 52.0 Å². The average molecular weight is 459 g/mol. The van der Waals surface area contributed by atoms with Crippen molar-refractivity contribution < 1.29 is 17.4 Å². The number of aromatic nitrogens is 2. The number of hydrogen-bond acceptors (Lipinski definition) is 3. The fraction of sp³-hybridized carbons (Fsp3) is 0.222. The summed E-state index contributed by atoms with van der Waals surface area (Å²) < 4.78 is 53.1. The van der Waals surface area contributed by atoms with E-state index in [1.54, 1.807) is 25.1 Å². The number of rotatable bonds is 4. The van der Waals surface area contributed by atoms with E-state index in [1.807, 2.05) is 0 Å². The molecule has 9 heteroatoms. The zero-order valence-electron chi connectivity index (χ0n) is 14.1. The van der Waals surface area contributed by atoms with E-state index in [4.69, 9.17) is 0 Å². The second-order valence-electron chi connectivity index (χ2n) is 5.79. The first-order valence-electron chi connectivity index (χ1n) is 7.94. The molecule has 1 heterocycles. The van der Waals surface area contributed by atoms with Gasteiger partial charge in [0.1, 0.15) is 0 Å². The molecule has 0 aliphatic carbocycles. The number of fused-ring (bicyclic) bond motifs is 1. The maximum absolute atomic E-state index is 13.0. The third-order valence-electron chi connectivity index (χ3n) is 4.02.